The summed E-state index contributed by atoms with van der Waals surface area (Å²) in [5.74, 6) is -0.0729. The van der Waals surface area contributed by atoms with E-state index in [-0.39, 0.29) is 11.3 Å². The molecule has 1 amide bonds. The summed E-state index contributed by atoms with van der Waals surface area (Å²) in [4.78, 5) is 11.7. The smallest absolute Gasteiger partial charge is 0.240 e. The second-order valence-corrected chi connectivity index (χ2v) is 13.2. The lowest BCUT2D eigenvalue weighted by molar-refractivity contribution is -0.114. The molecule has 0 radical (unpaired) electrons. The van der Waals surface area contributed by atoms with E-state index in [2.05, 4.69) is 119 Å². The summed E-state index contributed by atoms with van der Waals surface area (Å²) in [7, 11) is -1.90. The highest BCUT2D eigenvalue weighted by molar-refractivity contribution is 6.80. The van der Waals surface area contributed by atoms with Crippen molar-refractivity contribution >= 4 is 31.0 Å². The maximum atomic E-state index is 11.7. The number of benzene rings is 4. The number of hydrogen-bond acceptors (Lipinski definition) is 2. The van der Waals surface area contributed by atoms with Crippen LogP contribution in [0.1, 0.15) is 49.9 Å². The normalized spacial score (nSPS) is 11.5. The monoisotopic (exact) mass is 507 g/mol. The van der Waals surface area contributed by atoms with Crippen molar-refractivity contribution in [3.05, 3.63) is 113 Å². The molecule has 4 heteroatoms. The topological polar surface area (TPSA) is 38.3 Å². The van der Waals surface area contributed by atoms with Gasteiger partial charge in [0.2, 0.25) is 14.9 Å². The largest absolute Gasteiger partial charge is 0.407 e. The zero-order valence-corrected chi connectivity index (χ0v) is 23.9. The number of anilines is 1. The molecule has 0 aliphatic heterocycles. The van der Waals surface area contributed by atoms with Gasteiger partial charge >= 0.3 is 0 Å². The Labute approximate surface area is 223 Å². The second kappa shape index (κ2) is 11.3. The summed E-state index contributed by atoms with van der Waals surface area (Å²) in [5, 5.41) is 5.47. The molecule has 0 heterocycles. The Balaban J connectivity index is 1.81. The van der Waals surface area contributed by atoms with E-state index >= 15 is 0 Å². The molecule has 0 fully saturated rings. The van der Waals surface area contributed by atoms with Crippen LogP contribution in [0.3, 0.4) is 0 Å². The van der Waals surface area contributed by atoms with E-state index in [1.807, 2.05) is 12.1 Å². The van der Waals surface area contributed by atoms with Crippen LogP contribution in [0.15, 0.2) is 91.0 Å². The third-order valence-corrected chi connectivity index (χ3v) is 9.17. The van der Waals surface area contributed by atoms with Crippen LogP contribution >= 0.6 is 0 Å². The van der Waals surface area contributed by atoms with Crippen LogP contribution in [0.2, 0.25) is 0 Å². The van der Waals surface area contributed by atoms with E-state index in [0.29, 0.717) is 6.61 Å². The van der Waals surface area contributed by atoms with Crippen molar-refractivity contribution in [1.82, 2.24) is 0 Å². The van der Waals surface area contributed by atoms with Gasteiger partial charge in [0.15, 0.2) is 0 Å². The van der Waals surface area contributed by atoms with Gasteiger partial charge in [0, 0.05) is 12.6 Å². The number of rotatable bonds is 7. The summed E-state index contributed by atoms with van der Waals surface area (Å²) >= 11 is 0. The average molecular weight is 508 g/mol. The summed E-state index contributed by atoms with van der Waals surface area (Å²) in [5.41, 5.74) is 8.16. The van der Waals surface area contributed by atoms with Crippen LogP contribution in [-0.2, 0) is 21.2 Å². The molecule has 4 rings (SSSR count). The Morgan fingerprint density at radius 1 is 0.838 bits per heavy atom. The number of nitrogens with one attached hydrogen (secondary N) is 1. The number of amides is 1. The van der Waals surface area contributed by atoms with Gasteiger partial charge in [0.1, 0.15) is 0 Å². The number of hydrogen-bond donors (Lipinski definition) is 1. The quantitative estimate of drug-likeness (QED) is 0.299. The Bertz CT molecular complexity index is 1340. The molecule has 0 unspecified atom stereocenters. The van der Waals surface area contributed by atoms with Crippen LogP contribution in [0.25, 0.3) is 11.1 Å². The molecule has 0 atom stereocenters. The van der Waals surface area contributed by atoms with Gasteiger partial charge in [-0.1, -0.05) is 99.6 Å². The number of carbonyl (C=O) groups excluding carboxylic acids is 1. The molecule has 0 saturated carbocycles. The van der Waals surface area contributed by atoms with E-state index < -0.39 is 9.04 Å². The molecular weight excluding hydrogens is 470 g/mol. The van der Waals surface area contributed by atoms with E-state index in [1.165, 1.54) is 38.2 Å². The molecule has 0 saturated heterocycles. The average Bonchev–Trinajstić information content (AvgIpc) is 2.84. The molecule has 0 aliphatic carbocycles. The van der Waals surface area contributed by atoms with Crippen LogP contribution in [0.4, 0.5) is 5.69 Å². The van der Waals surface area contributed by atoms with E-state index in [9.17, 15) is 4.79 Å². The molecule has 190 valence electrons. The molecule has 0 spiro atoms. The molecule has 3 nitrogen and oxygen atoms in total. The summed E-state index contributed by atoms with van der Waals surface area (Å²) in [6, 6.07) is 31.6. The summed E-state index contributed by atoms with van der Waals surface area (Å²) in [6.45, 7) is 13.3. The molecule has 4 aromatic rings. The molecule has 4 aromatic carbocycles. The molecule has 0 bridgehead atoms. The standard InChI is InChI=1S/C33H37NO2Si/c1-23-20-27(22-36-37(29-16-9-7-10-17-29)30-18-11-8-12-19-30)31(24(2)32(23)33(4,5)6)26-14-13-15-28(21-26)34-25(3)35/h7-21,37H,22H2,1-6H3,(H,34,35). The molecule has 37 heavy (non-hydrogen) atoms. The fourth-order valence-electron chi connectivity index (χ4n) is 5.51. The van der Waals surface area contributed by atoms with Crippen molar-refractivity contribution < 1.29 is 9.22 Å². The Morgan fingerprint density at radius 3 is 1.97 bits per heavy atom. The van der Waals surface area contributed by atoms with Gasteiger partial charge < -0.3 is 9.74 Å². The van der Waals surface area contributed by atoms with Crippen molar-refractivity contribution in [2.75, 3.05) is 5.32 Å². The van der Waals surface area contributed by atoms with Gasteiger partial charge in [0.25, 0.3) is 0 Å². The SMILES string of the molecule is CC(=O)Nc1cccc(-c2c(CO[SiH](c3ccccc3)c3ccccc3)cc(C)c(C(C)(C)C)c2C)c1. The van der Waals surface area contributed by atoms with Crippen molar-refractivity contribution in [2.45, 2.75) is 53.6 Å². The molecule has 1 N–H and O–H groups in total. The summed E-state index contributed by atoms with van der Waals surface area (Å²) < 4.78 is 6.86. The third kappa shape index (κ3) is 6.27. The highest BCUT2D eigenvalue weighted by atomic mass is 28.3. The van der Waals surface area contributed by atoms with Crippen molar-refractivity contribution in [1.29, 1.82) is 0 Å². The lowest BCUT2D eigenvalue weighted by atomic mass is 9.77. The maximum Gasteiger partial charge on any atom is 0.240 e. The van der Waals surface area contributed by atoms with Crippen LogP contribution in [-0.4, -0.2) is 14.9 Å². The van der Waals surface area contributed by atoms with Gasteiger partial charge in [-0.2, -0.15) is 0 Å². The molecular formula is C33H37NO2Si. The minimum Gasteiger partial charge on any atom is -0.407 e. The van der Waals surface area contributed by atoms with Gasteiger partial charge in [-0.05, 0) is 75.1 Å². The first-order valence-corrected chi connectivity index (χ1v) is 14.5. The van der Waals surface area contributed by atoms with Gasteiger partial charge in [-0.3, -0.25) is 4.79 Å². The number of carbonyl (C=O) groups is 1. The Kier molecular flexibility index (Phi) is 8.11. The predicted molar refractivity (Wildman–Crippen MR) is 158 cm³/mol. The number of aryl methyl sites for hydroxylation is 1. The van der Waals surface area contributed by atoms with Crippen LogP contribution in [0.5, 0.6) is 0 Å². The highest BCUT2D eigenvalue weighted by Gasteiger charge is 2.25. The van der Waals surface area contributed by atoms with Gasteiger partial charge in [-0.15, -0.1) is 0 Å². The summed E-state index contributed by atoms with van der Waals surface area (Å²) in [6.07, 6.45) is 0. The first-order chi connectivity index (χ1) is 17.6. The zero-order valence-electron chi connectivity index (χ0n) is 22.8. The van der Waals surface area contributed by atoms with Crippen LogP contribution in [0, 0.1) is 13.8 Å². The second-order valence-electron chi connectivity index (χ2n) is 10.8. The minimum atomic E-state index is -1.90. The first-order valence-electron chi connectivity index (χ1n) is 12.9. The highest BCUT2D eigenvalue weighted by Crippen LogP contribution is 2.38. The molecule has 0 aromatic heterocycles. The van der Waals surface area contributed by atoms with Gasteiger partial charge in [-0.25, -0.2) is 0 Å². The third-order valence-electron chi connectivity index (χ3n) is 6.69. The van der Waals surface area contributed by atoms with E-state index in [4.69, 9.17) is 4.43 Å². The maximum absolute atomic E-state index is 11.7. The van der Waals surface area contributed by atoms with Crippen molar-refractivity contribution in [2.24, 2.45) is 0 Å². The Hall–Kier alpha value is -3.47. The lowest BCUT2D eigenvalue weighted by Gasteiger charge is -2.29. The van der Waals surface area contributed by atoms with Crippen molar-refractivity contribution in [3.8, 4) is 11.1 Å². The van der Waals surface area contributed by atoms with Crippen LogP contribution < -0.4 is 15.7 Å². The molecule has 0 aliphatic rings. The first kappa shape index (κ1) is 26.6. The lowest BCUT2D eigenvalue weighted by Crippen LogP contribution is -2.44. The minimum absolute atomic E-state index is 0.00289. The zero-order chi connectivity index (χ0) is 26.6. The van der Waals surface area contributed by atoms with E-state index in [1.54, 1.807) is 6.92 Å². The Morgan fingerprint density at radius 2 is 1.43 bits per heavy atom. The van der Waals surface area contributed by atoms with Gasteiger partial charge in [0.05, 0.1) is 6.61 Å². The fourth-order valence-corrected chi connectivity index (χ4v) is 7.77. The fraction of sp³-hybridized carbons (Fsp3) is 0.242. The van der Waals surface area contributed by atoms with E-state index in [0.717, 1.165) is 11.3 Å². The predicted octanol–water partition coefficient (Wildman–Crippen LogP) is 6.28. The van der Waals surface area contributed by atoms with Crippen molar-refractivity contribution in [3.63, 3.8) is 0 Å².